The standard InChI is InChI=1S/C15H18N2O3S3/c1-4-9-23(19,20)12-8-6-5-7-11(12)13(18)17-15-16-10(2)14(21-3)22-15/h5-8H,4,9H2,1-3H3,(H,16,17,18). The third-order valence-corrected chi connectivity index (χ3v) is 7.36. The second-order valence-electron chi connectivity index (χ2n) is 4.87. The van der Waals surface area contributed by atoms with Crippen molar-refractivity contribution in [3.63, 3.8) is 0 Å². The molecule has 0 unspecified atom stereocenters. The predicted octanol–water partition coefficient (Wildman–Crippen LogP) is 3.61. The number of aryl methyl sites for hydroxylation is 1. The summed E-state index contributed by atoms with van der Waals surface area (Å²) < 4.78 is 25.7. The van der Waals surface area contributed by atoms with Crippen LogP contribution in [-0.4, -0.2) is 31.3 Å². The average molecular weight is 371 g/mol. The van der Waals surface area contributed by atoms with Gasteiger partial charge in [0.2, 0.25) is 0 Å². The average Bonchev–Trinajstić information content (AvgIpc) is 2.86. The van der Waals surface area contributed by atoms with Crippen molar-refractivity contribution < 1.29 is 13.2 Å². The molecule has 0 atom stereocenters. The predicted molar refractivity (Wildman–Crippen MR) is 95.4 cm³/mol. The number of carbonyl (C=O) groups is 1. The monoisotopic (exact) mass is 370 g/mol. The zero-order valence-corrected chi connectivity index (χ0v) is 15.6. The first-order valence-electron chi connectivity index (χ1n) is 7.03. The smallest absolute Gasteiger partial charge is 0.258 e. The molecule has 0 spiro atoms. The number of aromatic nitrogens is 1. The summed E-state index contributed by atoms with van der Waals surface area (Å²) in [5.41, 5.74) is 1.00. The molecule has 124 valence electrons. The first-order valence-corrected chi connectivity index (χ1v) is 10.7. The largest absolute Gasteiger partial charge is 0.298 e. The maximum absolute atomic E-state index is 12.5. The van der Waals surface area contributed by atoms with Gasteiger partial charge in [0.05, 0.1) is 26.1 Å². The molecule has 2 rings (SSSR count). The van der Waals surface area contributed by atoms with Crippen LogP contribution >= 0.6 is 23.1 Å². The van der Waals surface area contributed by atoms with E-state index in [0.717, 1.165) is 9.90 Å². The van der Waals surface area contributed by atoms with Crippen molar-refractivity contribution in [2.24, 2.45) is 0 Å². The number of thiazole rings is 1. The van der Waals surface area contributed by atoms with Gasteiger partial charge < -0.3 is 0 Å². The Morgan fingerprint density at radius 3 is 2.65 bits per heavy atom. The molecule has 5 nitrogen and oxygen atoms in total. The molecule has 23 heavy (non-hydrogen) atoms. The Labute approximate surface area is 144 Å². The molecule has 0 saturated heterocycles. The van der Waals surface area contributed by atoms with Crippen LogP contribution in [0.25, 0.3) is 0 Å². The second-order valence-corrected chi connectivity index (χ2v) is 9.02. The Bertz CT molecular complexity index is 813. The van der Waals surface area contributed by atoms with E-state index in [1.54, 1.807) is 30.8 Å². The van der Waals surface area contributed by atoms with Gasteiger partial charge >= 0.3 is 0 Å². The molecular formula is C15H18N2O3S3. The first kappa shape index (κ1) is 18.0. The van der Waals surface area contributed by atoms with Crippen molar-refractivity contribution in [1.29, 1.82) is 0 Å². The normalized spacial score (nSPS) is 11.4. The molecule has 2 aromatic rings. The van der Waals surface area contributed by atoms with E-state index in [9.17, 15) is 13.2 Å². The maximum atomic E-state index is 12.5. The van der Waals surface area contributed by atoms with Crippen LogP contribution in [0.3, 0.4) is 0 Å². The van der Waals surface area contributed by atoms with Gasteiger partial charge in [0, 0.05) is 0 Å². The van der Waals surface area contributed by atoms with E-state index in [0.29, 0.717) is 11.6 Å². The Morgan fingerprint density at radius 2 is 2.04 bits per heavy atom. The van der Waals surface area contributed by atoms with Crippen LogP contribution in [0.15, 0.2) is 33.4 Å². The van der Waals surface area contributed by atoms with Crippen molar-refractivity contribution in [2.45, 2.75) is 29.4 Å². The number of hydrogen-bond donors (Lipinski definition) is 1. The van der Waals surface area contributed by atoms with Gasteiger partial charge in [-0.05, 0) is 31.7 Å². The molecular weight excluding hydrogens is 352 g/mol. The molecule has 1 heterocycles. The molecule has 8 heteroatoms. The van der Waals surface area contributed by atoms with Crippen molar-refractivity contribution in [2.75, 3.05) is 17.3 Å². The summed E-state index contributed by atoms with van der Waals surface area (Å²) in [4.78, 5) is 16.8. The third kappa shape index (κ3) is 4.13. The lowest BCUT2D eigenvalue weighted by Gasteiger charge is -2.09. The van der Waals surface area contributed by atoms with Crippen LogP contribution in [0.1, 0.15) is 29.4 Å². The molecule has 0 fully saturated rings. The lowest BCUT2D eigenvalue weighted by atomic mass is 10.2. The zero-order chi connectivity index (χ0) is 17.0. The summed E-state index contributed by atoms with van der Waals surface area (Å²) in [6.07, 6.45) is 2.44. The number of nitrogens with zero attached hydrogens (tertiary/aromatic N) is 1. The maximum Gasteiger partial charge on any atom is 0.258 e. The minimum absolute atomic E-state index is 0.0181. The van der Waals surface area contributed by atoms with Crippen LogP contribution in [0.4, 0.5) is 5.13 Å². The summed E-state index contributed by atoms with van der Waals surface area (Å²) in [5, 5.41) is 3.17. The first-order chi connectivity index (χ1) is 10.9. The van der Waals surface area contributed by atoms with Gasteiger partial charge in [0.25, 0.3) is 5.91 Å². The van der Waals surface area contributed by atoms with Crippen LogP contribution in [0, 0.1) is 6.92 Å². The lowest BCUT2D eigenvalue weighted by molar-refractivity contribution is 0.102. The Morgan fingerprint density at radius 1 is 1.35 bits per heavy atom. The summed E-state index contributed by atoms with van der Waals surface area (Å²) in [7, 11) is -3.47. The zero-order valence-electron chi connectivity index (χ0n) is 13.1. The number of benzene rings is 1. The quantitative estimate of drug-likeness (QED) is 0.786. The van der Waals surface area contributed by atoms with Gasteiger partial charge in [-0.3, -0.25) is 10.1 Å². The van der Waals surface area contributed by atoms with Gasteiger partial charge in [-0.2, -0.15) is 0 Å². The highest BCUT2D eigenvalue weighted by molar-refractivity contribution is 8.00. The molecule has 1 aromatic heterocycles. The Kier molecular flexibility index (Phi) is 5.83. The fourth-order valence-electron chi connectivity index (χ4n) is 2.09. The molecule has 0 radical (unpaired) electrons. The van der Waals surface area contributed by atoms with E-state index < -0.39 is 15.7 Å². The highest BCUT2D eigenvalue weighted by Gasteiger charge is 2.22. The molecule has 1 N–H and O–H groups in total. The van der Waals surface area contributed by atoms with E-state index in [1.807, 2.05) is 13.2 Å². The number of amides is 1. The summed E-state index contributed by atoms with van der Waals surface area (Å²) >= 11 is 2.94. The Hall–Kier alpha value is -1.38. The molecule has 0 aliphatic carbocycles. The number of sulfone groups is 1. The van der Waals surface area contributed by atoms with Gasteiger partial charge in [-0.15, -0.1) is 11.8 Å². The minimum atomic E-state index is -3.47. The molecule has 1 amide bonds. The topological polar surface area (TPSA) is 76.1 Å². The van der Waals surface area contributed by atoms with Gasteiger partial charge in [0.1, 0.15) is 0 Å². The molecule has 0 aliphatic rings. The molecule has 0 bridgehead atoms. The molecule has 1 aromatic carbocycles. The van der Waals surface area contributed by atoms with Crippen LogP contribution in [0.2, 0.25) is 0 Å². The number of nitrogens with one attached hydrogen (secondary N) is 1. The van der Waals surface area contributed by atoms with E-state index in [2.05, 4.69) is 10.3 Å². The highest BCUT2D eigenvalue weighted by Crippen LogP contribution is 2.30. The van der Waals surface area contributed by atoms with Crippen molar-refractivity contribution >= 4 is 44.0 Å². The van der Waals surface area contributed by atoms with Crippen LogP contribution < -0.4 is 5.32 Å². The van der Waals surface area contributed by atoms with E-state index in [4.69, 9.17) is 0 Å². The lowest BCUT2D eigenvalue weighted by Crippen LogP contribution is -2.17. The van der Waals surface area contributed by atoms with Crippen LogP contribution in [-0.2, 0) is 9.84 Å². The van der Waals surface area contributed by atoms with Crippen molar-refractivity contribution in [3.05, 3.63) is 35.5 Å². The number of thioether (sulfide) groups is 1. The number of rotatable bonds is 6. The van der Waals surface area contributed by atoms with Gasteiger partial charge in [-0.25, -0.2) is 13.4 Å². The fourth-order valence-corrected chi connectivity index (χ4v) is 5.24. The third-order valence-electron chi connectivity index (χ3n) is 3.10. The molecule has 0 aliphatic heterocycles. The molecule has 0 saturated carbocycles. The number of carbonyl (C=O) groups excluding carboxylic acids is 1. The van der Waals surface area contributed by atoms with Crippen LogP contribution in [0.5, 0.6) is 0 Å². The highest BCUT2D eigenvalue weighted by atomic mass is 32.2. The SMILES string of the molecule is CCCS(=O)(=O)c1ccccc1C(=O)Nc1nc(C)c(SC)s1. The fraction of sp³-hybridized carbons (Fsp3) is 0.333. The Balaban J connectivity index is 2.33. The van der Waals surface area contributed by atoms with E-state index in [-0.39, 0.29) is 16.2 Å². The van der Waals surface area contributed by atoms with E-state index in [1.165, 1.54) is 23.5 Å². The minimum Gasteiger partial charge on any atom is -0.298 e. The van der Waals surface area contributed by atoms with E-state index >= 15 is 0 Å². The summed E-state index contributed by atoms with van der Waals surface area (Å²) in [5.74, 6) is -0.439. The van der Waals surface area contributed by atoms with Crippen molar-refractivity contribution in [1.82, 2.24) is 4.98 Å². The number of anilines is 1. The number of hydrogen-bond acceptors (Lipinski definition) is 6. The van der Waals surface area contributed by atoms with Gasteiger partial charge in [-0.1, -0.05) is 30.4 Å². The summed E-state index contributed by atoms with van der Waals surface area (Å²) in [6.45, 7) is 3.67. The summed E-state index contributed by atoms with van der Waals surface area (Å²) in [6, 6.07) is 6.27. The second kappa shape index (κ2) is 7.46. The van der Waals surface area contributed by atoms with Crippen molar-refractivity contribution in [3.8, 4) is 0 Å². The van der Waals surface area contributed by atoms with Gasteiger partial charge in [0.15, 0.2) is 15.0 Å².